The lowest BCUT2D eigenvalue weighted by atomic mass is 10.3. The second kappa shape index (κ2) is 3.85. The second-order valence-corrected chi connectivity index (χ2v) is 2.66. The van der Waals surface area contributed by atoms with E-state index < -0.39 is 0 Å². The smallest absolute Gasteiger partial charge is 0.157 e. The van der Waals surface area contributed by atoms with Crippen LogP contribution in [-0.2, 0) is 11.3 Å². The van der Waals surface area contributed by atoms with E-state index in [0.717, 1.165) is 5.56 Å². The highest BCUT2D eigenvalue weighted by atomic mass is 35.5. The summed E-state index contributed by atoms with van der Waals surface area (Å²) in [7, 11) is 1.57. The number of methoxy groups -OCH3 is 1. The molecule has 0 aliphatic rings. The Kier molecular flexibility index (Phi) is 3.05. The Morgan fingerprint density at radius 1 is 1.45 bits per heavy atom. The number of hydrogen-bond acceptors (Lipinski definition) is 3. The minimum Gasteiger partial charge on any atom is -0.380 e. The molecule has 0 saturated carbocycles. The average molecular weight is 193 g/mol. The Morgan fingerprint density at radius 2 is 2.18 bits per heavy atom. The van der Waals surface area contributed by atoms with Crippen molar-refractivity contribution in [2.75, 3.05) is 7.11 Å². The number of nitrogens with zero attached hydrogens (tertiary/aromatic N) is 2. The summed E-state index contributed by atoms with van der Waals surface area (Å²) >= 11 is 11.2. The Morgan fingerprint density at radius 3 is 2.82 bits per heavy atom. The molecule has 1 rings (SSSR count). The van der Waals surface area contributed by atoms with Crippen LogP contribution in [0.5, 0.6) is 0 Å². The highest BCUT2D eigenvalue weighted by Crippen LogP contribution is 2.15. The topological polar surface area (TPSA) is 35.0 Å². The molecule has 5 heteroatoms. The minimum atomic E-state index is 0.321. The van der Waals surface area contributed by atoms with E-state index >= 15 is 0 Å². The average Bonchev–Trinajstić information content (AvgIpc) is 1.98. The first-order chi connectivity index (χ1) is 5.24. The molecule has 0 fully saturated rings. The third-order valence-corrected chi connectivity index (χ3v) is 1.59. The lowest BCUT2D eigenvalue weighted by Gasteiger charge is -1.99. The summed E-state index contributed by atoms with van der Waals surface area (Å²) in [5.74, 6) is 0. The van der Waals surface area contributed by atoms with Crippen LogP contribution in [0.25, 0.3) is 0 Å². The summed E-state index contributed by atoms with van der Waals surface area (Å²) in [4.78, 5) is 0. The summed E-state index contributed by atoms with van der Waals surface area (Å²) in [5, 5.41) is 7.80. The molecule has 0 N–H and O–H groups in total. The van der Waals surface area contributed by atoms with E-state index in [4.69, 9.17) is 27.9 Å². The van der Waals surface area contributed by atoms with Crippen molar-refractivity contribution in [2.24, 2.45) is 0 Å². The van der Waals surface area contributed by atoms with Gasteiger partial charge in [0.1, 0.15) is 0 Å². The zero-order valence-electron chi connectivity index (χ0n) is 5.84. The highest BCUT2D eigenvalue weighted by Gasteiger charge is 2.02. The molecule has 0 radical (unpaired) electrons. The van der Waals surface area contributed by atoms with Crippen molar-refractivity contribution in [1.82, 2.24) is 10.2 Å². The van der Waals surface area contributed by atoms with E-state index in [9.17, 15) is 0 Å². The third-order valence-electron chi connectivity index (χ3n) is 1.09. The second-order valence-electron chi connectivity index (χ2n) is 1.92. The standard InChI is InChI=1S/C6H6Cl2N2O/c1-11-3-4-2-5(7)9-10-6(4)8/h2H,3H2,1H3. The quantitative estimate of drug-likeness (QED) is 0.719. The molecule has 11 heavy (non-hydrogen) atoms. The Labute approximate surface area is 74.3 Å². The fourth-order valence-electron chi connectivity index (χ4n) is 0.645. The van der Waals surface area contributed by atoms with Crippen LogP contribution in [-0.4, -0.2) is 17.3 Å². The Bertz CT molecular complexity index is 254. The van der Waals surface area contributed by atoms with Crippen LogP contribution in [0, 0.1) is 0 Å². The molecule has 0 spiro atoms. The normalized spacial score (nSPS) is 10.1. The van der Waals surface area contributed by atoms with Crippen LogP contribution < -0.4 is 0 Å². The summed E-state index contributed by atoms with van der Waals surface area (Å²) in [6.45, 7) is 0.397. The molecular formula is C6H6Cl2N2O. The zero-order valence-corrected chi connectivity index (χ0v) is 7.35. The van der Waals surface area contributed by atoms with Gasteiger partial charge >= 0.3 is 0 Å². The van der Waals surface area contributed by atoms with E-state index in [2.05, 4.69) is 10.2 Å². The molecule has 3 nitrogen and oxygen atoms in total. The van der Waals surface area contributed by atoms with Gasteiger partial charge < -0.3 is 4.74 Å². The predicted molar refractivity (Wildman–Crippen MR) is 42.8 cm³/mol. The molecule has 0 amide bonds. The van der Waals surface area contributed by atoms with Gasteiger partial charge in [0.15, 0.2) is 10.3 Å². The maximum Gasteiger partial charge on any atom is 0.157 e. The van der Waals surface area contributed by atoms with Gasteiger partial charge in [0.25, 0.3) is 0 Å². The van der Waals surface area contributed by atoms with Crippen molar-refractivity contribution in [3.63, 3.8) is 0 Å². The Balaban J connectivity index is 2.93. The minimum absolute atomic E-state index is 0.321. The summed E-state index contributed by atoms with van der Waals surface area (Å²) in [5.41, 5.74) is 0.745. The van der Waals surface area contributed by atoms with Crippen LogP contribution in [0.4, 0.5) is 0 Å². The van der Waals surface area contributed by atoms with Gasteiger partial charge in [0.2, 0.25) is 0 Å². The molecule has 0 atom stereocenters. The van der Waals surface area contributed by atoms with Crippen LogP contribution in [0.15, 0.2) is 6.07 Å². The van der Waals surface area contributed by atoms with E-state index in [0.29, 0.717) is 16.9 Å². The molecule has 0 aliphatic heterocycles. The molecule has 0 aromatic carbocycles. The van der Waals surface area contributed by atoms with Crippen LogP contribution >= 0.6 is 23.2 Å². The monoisotopic (exact) mass is 192 g/mol. The zero-order chi connectivity index (χ0) is 8.27. The van der Waals surface area contributed by atoms with Gasteiger partial charge in [-0.2, -0.15) is 0 Å². The van der Waals surface area contributed by atoms with Gasteiger partial charge in [-0.15, -0.1) is 10.2 Å². The summed E-state index contributed by atoms with van der Waals surface area (Å²) in [6, 6.07) is 1.63. The van der Waals surface area contributed by atoms with Crippen molar-refractivity contribution in [2.45, 2.75) is 6.61 Å². The first-order valence-electron chi connectivity index (χ1n) is 2.90. The molecule has 1 heterocycles. The predicted octanol–water partition coefficient (Wildman–Crippen LogP) is 1.93. The lowest BCUT2D eigenvalue weighted by Crippen LogP contribution is -1.93. The number of halogens is 2. The largest absolute Gasteiger partial charge is 0.380 e. The van der Waals surface area contributed by atoms with E-state index in [1.54, 1.807) is 13.2 Å². The first-order valence-corrected chi connectivity index (χ1v) is 3.66. The number of hydrogen-bond donors (Lipinski definition) is 0. The van der Waals surface area contributed by atoms with Gasteiger partial charge in [-0.05, 0) is 6.07 Å². The van der Waals surface area contributed by atoms with Crippen molar-refractivity contribution in [1.29, 1.82) is 0 Å². The fourth-order valence-corrected chi connectivity index (χ4v) is 0.961. The van der Waals surface area contributed by atoms with Crippen molar-refractivity contribution < 1.29 is 4.74 Å². The maximum atomic E-state index is 5.66. The summed E-state index contributed by atoms with van der Waals surface area (Å²) < 4.78 is 4.85. The van der Waals surface area contributed by atoms with Gasteiger partial charge in [0.05, 0.1) is 6.61 Å². The molecule has 0 unspecified atom stereocenters. The van der Waals surface area contributed by atoms with Crippen LogP contribution in [0.3, 0.4) is 0 Å². The van der Waals surface area contributed by atoms with Crippen LogP contribution in [0.2, 0.25) is 10.3 Å². The maximum absolute atomic E-state index is 5.66. The highest BCUT2D eigenvalue weighted by molar-refractivity contribution is 6.31. The third kappa shape index (κ3) is 2.29. The van der Waals surface area contributed by atoms with E-state index in [1.807, 2.05) is 0 Å². The number of aromatic nitrogens is 2. The number of ether oxygens (including phenoxy) is 1. The molecule has 1 aromatic rings. The number of rotatable bonds is 2. The SMILES string of the molecule is COCc1cc(Cl)nnc1Cl. The lowest BCUT2D eigenvalue weighted by molar-refractivity contribution is 0.184. The summed E-state index contributed by atoms with van der Waals surface area (Å²) in [6.07, 6.45) is 0. The molecule has 1 aromatic heterocycles. The van der Waals surface area contributed by atoms with E-state index in [1.165, 1.54) is 0 Å². The van der Waals surface area contributed by atoms with E-state index in [-0.39, 0.29) is 0 Å². The van der Waals surface area contributed by atoms with Crippen molar-refractivity contribution in [3.05, 3.63) is 21.9 Å². The first kappa shape index (κ1) is 8.71. The molecule has 0 bridgehead atoms. The molecule has 60 valence electrons. The molecule has 0 aliphatic carbocycles. The van der Waals surface area contributed by atoms with Crippen molar-refractivity contribution in [3.8, 4) is 0 Å². The van der Waals surface area contributed by atoms with Gasteiger partial charge in [-0.3, -0.25) is 0 Å². The van der Waals surface area contributed by atoms with Gasteiger partial charge in [-0.1, -0.05) is 23.2 Å². The van der Waals surface area contributed by atoms with Gasteiger partial charge in [-0.25, -0.2) is 0 Å². The van der Waals surface area contributed by atoms with Crippen LogP contribution in [0.1, 0.15) is 5.56 Å². The fraction of sp³-hybridized carbons (Fsp3) is 0.333. The molecule has 0 saturated heterocycles. The Hall–Kier alpha value is -0.380. The van der Waals surface area contributed by atoms with Crippen molar-refractivity contribution >= 4 is 23.2 Å². The molecular weight excluding hydrogens is 187 g/mol. The van der Waals surface area contributed by atoms with Gasteiger partial charge in [0, 0.05) is 12.7 Å².